The zero-order valence-corrected chi connectivity index (χ0v) is 9.26. The summed E-state index contributed by atoms with van der Waals surface area (Å²) in [6.45, 7) is 0. The molecular weight excluding hydrogens is 182 g/mol. The van der Waals surface area contributed by atoms with Gasteiger partial charge in [0.1, 0.15) is 0 Å². The summed E-state index contributed by atoms with van der Waals surface area (Å²) in [4.78, 5) is 0. The third kappa shape index (κ3) is 1.54. The molecule has 1 nitrogen and oxygen atoms in total. The van der Waals surface area contributed by atoms with E-state index in [-0.39, 0.29) is 0 Å². The Labute approximate surface area is 91.7 Å². The fourth-order valence-corrected chi connectivity index (χ4v) is 2.93. The number of anilines is 1. The lowest BCUT2D eigenvalue weighted by Crippen LogP contribution is -2.15. The summed E-state index contributed by atoms with van der Waals surface area (Å²) in [6, 6.07) is 4.59. The number of benzene rings is 1. The Morgan fingerprint density at radius 2 is 2.00 bits per heavy atom. The molecule has 0 aromatic heterocycles. The molecule has 0 bridgehead atoms. The highest BCUT2D eigenvalue weighted by molar-refractivity contribution is 5.58. The molecule has 1 aromatic carbocycles. The van der Waals surface area contributed by atoms with E-state index in [0.717, 1.165) is 11.6 Å². The van der Waals surface area contributed by atoms with Crippen LogP contribution in [0.5, 0.6) is 0 Å². The summed E-state index contributed by atoms with van der Waals surface area (Å²) in [5.41, 5.74) is 11.8. The Balaban J connectivity index is 1.88. The molecule has 0 atom stereocenters. The second kappa shape index (κ2) is 3.55. The SMILES string of the molecule is Nc1c(CC2CCC2)ccc2c1CCC2. The second-order valence-corrected chi connectivity index (χ2v) is 5.13. The van der Waals surface area contributed by atoms with Gasteiger partial charge in [0.2, 0.25) is 0 Å². The molecular formula is C14H19N. The molecule has 0 spiro atoms. The Morgan fingerprint density at radius 1 is 1.13 bits per heavy atom. The van der Waals surface area contributed by atoms with Gasteiger partial charge in [-0.1, -0.05) is 31.4 Å². The quantitative estimate of drug-likeness (QED) is 0.731. The predicted molar refractivity (Wildman–Crippen MR) is 63.9 cm³/mol. The molecule has 2 aliphatic rings. The fraction of sp³-hybridized carbons (Fsp3) is 0.571. The first-order valence-corrected chi connectivity index (χ1v) is 6.23. The standard InChI is InChI=1S/C14H19N/c15-14-12(9-10-3-1-4-10)8-7-11-5-2-6-13(11)14/h7-8,10H,1-6,9,15H2. The zero-order valence-electron chi connectivity index (χ0n) is 9.26. The monoisotopic (exact) mass is 201 g/mol. The van der Waals surface area contributed by atoms with Crippen molar-refractivity contribution in [3.8, 4) is 0 Å². The van der Waals surface area contributed by atoms with E-state index < -0.39 is 0 Å². The predicted octanol–water partition coefficient (Wildman–Crippen LogP) is 3.10. The summed E-state index contributed by atoms with van der Waals surface area (Å²) >= 11 is 0. The van der Waals surface area contributed by atoms with Crippen molar-refractivity contribution in [2.45, 2.75) is 44.9 Å². The molecule has 0 amide bonds. The van der Waals surface area contributed by atoms with Crippen LogP contribution >= 0.6 is 0 Å². The summed E-state index contributed by atoms with van der Waals surface area (Å²) in [5, 5.41) is 0. The highest BCUT2D eigenvalue weighted by Crippen LogP contribution is 2.35. The van der Waals surface area contributed by atoms with Crippen LogP contribution in [0.3, 0.4) is 0 Å². The number of nitrogen functional groups attached to an aromatic ring is 1. The Bertz CT molecular complexity index is 377. The lowest BCUT2D eigenvalue weighted by molar-refractivity contribution is 0.315. The van der Waals surface area contributed by atoms with E-state index in [4.69, 9.17) is 5.73 Å². The van der Waals surface area contributed by atoms with Crippen molar-refractivity contribution in [2.75, 3.05) is 5.73 Å². The molecule has 0 unspecified atom stereocenters. The maximum Gasteiger partial charge on any atom is 0.0382 e. The van der Waals surface area contributed by atoms with Crippen LogP contribution in [0, 0.1) is 5.92 Å². The molecule has 2 aliphatic carbocycles. The molecule has 3 rings (SSSR count). The normalized spacial score (nSPS) is 20.0. The van der Waals surface area contributed by atoms with Crippen molar-refractivity contribution in [3.05, 3.63) is 28.8 Å². The first-order valence-electron chi connectivity index (χ1n) is 6.23. The van der Waals surface area contributed by atoms with Crippen LogP contribution in [0.15, 0.2) is 12.1 Å². The van der Waals surface area contributed by atoms with Crippen molar-refractivity contribution in [1.29, 1.82) is 0 Å². The van der Waals surface area contributed by atoms with Crippen LogP contribution in [-0.4, -0.2) is 0 Å². The van der Waals surface area contributed by atoms with Crippen LogP contribution in [0.1, 0.15) is 42.4 Å². The molecule has 15 heavy (non-hydrogen) atoms. The lowest BCUT2D eigenvalue weighted by Gasteiger charge is -2.26. The third-order valence-electron chi connectivity index (χ3n) is 4.15. The van der Waals surface area contributed by atoms with E-state index in [1.807, 2.05) is 0 Å². The van der Waals surface area contributed by atoms with Gasteiger partial charge >= 0.3 is 0 Å². The largest absolute Gasteiger partial charge is 0.398 e. The van der Waals surface area contributed by atoms with E-state index in [0.29, 0.717) is 0 Å². The Kier molecular flexibility index (Phi) is 2.19. The highest BCUT2D eigenvalue weighted by atomic mass is 14.6. The molecule has 0 radical (unpaired) electrons. The number of nitrogens with two attached hydrogens (primary N) is 1. The molecule has 1 fully saturated rings. The molecule has 80 valence electrons. The third-order valence-corrected chi connectivity index (χ3v) is 4.15. The van der Waals surface area contributed by atoms with Gasteiger partial charge in [0.05, 0.1) is 0 Å². The van der Waals surface area contributed by atoms with Crippen molar-refractivity contribution >= 4 is 5.69 Å². The van der Waals surface area contributed by atoms with Crippen LogP contribution in [0.2, 0.25) is 0 Å². The fourth-order valence-electron chi connectivity index (χ4n) is 2.93. The highest BCUT2D eigenvalue weighted by Gasteiger charge is 2.21. The van der Waals surface area contributed by atoms with Gasteiger partial charge in [-0.25, -0.2) is 0 Å². The Hall–Kier alpha value is -0.980. The Morgan fingerprint density at radius 3 is 2.73 bits per heavy atom. The van der Waals surface area contributed by atoms with Crippen molar-refractivity contribution in [3.63, 3.8) is 0 Å². The van der Waals surface area contributed by atoms with E-state index in [1.165, 1.54) is 61.6 Å². The molecule has 1 aromatic rings. The van der Waals surface area contributed by atoms with E-state index >= 15 is 0 Å². The molecule has 1 saturated carbocycles. The minimum atomic E-state index is 0.923. The van der Waals surface area contributed by atoms with Gasteiger partial charge < -0.3 is 5.73 Å². The number of hydrogen-bond donors (Lipinski definition) is 1. The topological polar surface area (TPSA) is 26.0 Å². The number of fused-ring (bicyclic) bond motifs is 1. The van der Waals surface area contributed by atoms with Crippen LogP contribution in [-0.2, 0) is 19.3 Å². The van der Waals surface area contributed by atoms with E-state index in [1.54, 1.807) is 0 Å². The van der Waals surface area contributed by atoms with Gasteiger partial charge in [0.25, 0.3) is 0 Å². The maximum atomic E-state index is 6.26. The smallest absolute Gasteiger partial charge is 0.0382 e. The summed E-state index contributed by atoms with van der Waals surface area (Å²) in [5.74, 6) is 0.923. The second-order valence-electron chi connectivity index (χ2n) is 5.13. The minimum absolute atomic E-state index is 0.923. The van der Waals surface area contributed by atoms with Crippen LogP contribution in [0.4, 0.5) is 5.69 Å². The number of hydrogen-bond acceptors (Lipinski definition) is 1. The molecule has 2 N–H and O–H groups in total. The average Bonchev–Trinajstić information content (AvgIpc) is 2.62. The van der Waals surface area contributed by atoms with Gasteiger partial charge in [-0.2, -0.15) is 0 Å². The first kappa shape index (κ1) is 9.26. The summed E-state index contributed by atoms with van der Waals surface area (Å²) in [7, 11) is 0. The summed E-state index contributed by atoms with van der Waals surface area (Å²) < 4.78 is 0. The van der Waals surface area contributed by atoms with Crippen molar-refractivity contribution in [1.82, 2.24) is 0 Å². The van der Waals surface area contributed by atoms with E-state index in [2.05, 4.69) is 12.1 Å². The average molecular weight is 201 g/mol. The maximum absolute atomic E-state index is 6.26. The number of rotatable bonds is 2. The molecule has 0 saturated heterocycles. The minimum Gasteiger partial charge on any atom is -0.398 e. The van der Waals surface area contributed by atoms with Crippen molar-refractivity contribution < 1.29 is 0 Å². The van der Waals surface area contributed by atoms with Crippen molar-refractivity contribution in [2.24, 2.45) is 5.92 Å². The van der Waals surface area contributed by atoms with E-state index in [9.17, 15) is 0 Å². The van der Waals surface area contributed by atoms with Gasteiger partial charge in [-0.05, 0) is 48.3 Å². The van der Waals surface area contributed by atoms with Crippen LogP contribution < -0.4 is 5.73 Å². The summed E-state index contributed by atoms with van der Waals surface area (Å²) in [6.07, 6.45) is 9.22. The lowest BCUT2D eigenvalue weighted by atomic mass is 9.80. The van der Waals surface area contributed by atoms with Gasteiger partial charge in [0, 0.05) is 5.69 Å². The molecule has 0 heterocycles. The van der Waals surface area contributed by atoms with Gasteiger partial charge in [0.15, 0.2) is 0 Å². The number of aryl methyl sites for hydroxylation is 1. The molecule has 0 aliphatic heterocycles. The van der Waals surface area contributed by atoms with Gasteiger partial charge in [-0.15, -0.1) is 0 Å². The zero-order chi connectivity index (χ0) is 10.3. The molecule has 1 heteroatoms. The van der Waals surface area contributed by atoms with Gasteiger partial charge in [-0.3, -0.25) is 0 Å². The van der Waals surface area contributed by atoms with Crippen LogP contribution in [0.25, 0.3) is 0 Å². The first-order chi connectivity index (χ1) is 7.34.